The van der Waals surface area contributed by atoms with Crippen molar-refractivity contribution in [2.45, 2.75) is 20.4 Å². The number of ether oxygens (including phenoxy) is 1. The van der Waals surface area contributed by atoms with Crippen molar-refractivity contribution in [1.82, 2.24) is 9.78 Å². The van der Waals surface area contributed by atoms with Crippen LogP contribution in [0, 0.1) is 25.2 Å². The van der Waals surface area contributed by atoms with E-state index in [0.717, 1.165) is 28.1 Å². The highest BCUT2D eigenvalue weighted by molar-refractivity contribution is 6.32. The van der Waals surface area contributed by atoms with Crippen LogP contribution >= 0.6 is 11.6 Å². The van der Waals surface area contributed by atoms with Crippen LogP contribution in [0.25, 0.3) is 11.1 Å². The number of halogens is 1. The lowest BCUT2D eigenvalue weighted by atomic mass is 10.0. The first kappa shape index (κ1) is 18.7. The van der Waals surface area contributed by atoms with E-state index in [2.05, 4.69) is 11.2 Å². The van der Waals surface area contributed by atoms with Crippen molar-refractivity contribution in [3.05, 3.63) is 75.6 Å². The Hall–Kier alpha value is -3.10. The highest BCUT2D eigenvalue weighted by atomic mass is 35.5. The van der Waals surface area contributed by atoms with Gasteiger partial charge in [0.2, 0.25) is 0 Å². The second kappa shape index (κ2) is 7.65. The molecule has 1 aromatic heterocycles. The number of carbonyl (C=O) groups is 1. The number of nitriles is 1. The molecular formula is C21H18ClN3O2. The van der Waals surface area contributed by atoms with E-state index in [1.54, 1.807) is 24.3 Å². The molecule has 0 saturated heterocycles. The maximum Gasteiger partial charge on any atom is 0.337 e. The van der Waals surface area contributed by atoms with Gasteiger partial charge in [-0.3, -0.25) is 4.68 Å². The third kappa shape index (κ3) is 3.71. The molecule has 0 aliphatic rings. The van der Waals surface area contributed by atoms with Gasteiger partial charge in [-0.25, -0.2) is 4.79 Å². The second-order valence-electron chi connectivity index (χ2n) is 6.20. The zero-order valence-corrected chi connectivity index (χ0v) is 16.0. The summed E-state index contributed by atoms with van der Waals surface area (Å²) in [6, 6.07) is 14.8. The second-order valence-corrected chi connectivity index (χ2v) is 6.61. The summed E-state index contributed by atoms with van der Waals surface area (Å²) in [6.45, 7) is 4.46. The van der Waals surface area contributed by atoms with Crippen molar-refractivity contribution < 1.29 is 9.53 Å². The minimum Gasteiger partial charge on any atom is -0.465 e. The molecule has 0 radical (unpaired) electrons. The Morgan fingerprint density at radius 2 is 2.04 bits per heavy atom. The SMILES string of the molecule is COC(=O)c1cccc(Cn2nc(C)c(-c3ccc(C#N)c(Cl)c3)c2C)c1. The first-order chi connectivity index (χ1) is 12.9. The maximum atomic E-state index is 11.7. The molecule has 2 aromatic carbocycles. The molecule has 6 heteroatoms. The van der Waals surface area contributed by atoms with Gasteiger partial charge < -0.3 is 4.74 Å². The first-order valence-electron chi connectivity index (χ1n) is 8.36. The van der Waals surface area contributed by atoms with E-state index in [4.69, 9.17) is 21.6 Å². The fourth-order valence-electron chi connectivity index (χ4n) is 3.12. The number of rotatable bonds is 4. The van der Waals surface area contributed by atoms with Crippen molar-refractivity contribution in [2.75, 3.05) is 7.11 Å². The largest absolute Gasteiger partial charge is 0.465 e. The van der Waals surface area contributed by atoms with Crippen LogP contribution in [0.3, 0.4) is 0 Å². The quantitative estimate of drug-likeness (QED) is 0.624. The molecule has 5 nitrogen and oxygen atoms in total. The van der Waals surface area contributed by atoms with Gasteiger partial charge in [0.05, 0.1) is 35.5 Å². The molecular weight excluding hydrogens is 362 g/mol. The predicted octanol–water partition coefficient (Wildman–Crippen LogP) is 4.53. The number of benzene rings is 2. The third-order valence-corrected chi connectivity index (χ3v) is 4.75. The molecule has 136 valence electrons. The Bertz CT molecular complexity index is 1060. The summed E-state index contributed by atoms with van der Waals surface area (Å²) in [7, 11) is 1.37. The van der Waals surface area contributed by atoms with Gasteiger partial charge in [-0.2, -0.15) is 10.4 Å². The molecule has 3 aromatic rings. The zero-order valence-electron chi connectivity index (χ0n) is 15.3. The standard InChI is InChI=1S/C21H18ClN3O2/c1-13-20(16-7-8-18(11-23)19(22)10-16)14(2)25(24-13)12-15-5-4-6-17(9-15)21(26)27-3/h4-10H,12H2,1-3H3. The van der Waals surface area contributed by atoms with Gasteiger partial charge in [0.25, 0.3) is 0 Å². The van der Waals surface area contributed by atoms with Crippen LogP contribution in [0.5, 0.6) is 0 Å². The number of aromatic nitrogens is 2. The van der Waals surface area contributed by atoms with Crippen molar-refractivity contribution in [2.24, 2.45) is 0 Å². The van der Waals surface area contributed by atoms with Gasteiger partial charge in [-0.1, -0.05) is 29.8 Å². The van der Waals surface area contributed by atoms with E-state index in [1.807, 2.05) is 36.7 Å². The molecule has 0 N–H and O–H groups in total. The van der Waals surface area contributed by atoms with Crippen LogP contribution in [-0.2, 0) is 11.3 Å². The Balaban J connectivity index is 1.96. The molecule has 0 aliphatic heterocycles. The highest BCUT2D eigenvalue weighted by Crippen LogP contribution is 2.30. The molecule has 0 aliphatic carbocycles. The number of aryl methyl sites for hydroxylation is 1. The summed E-state index contributed by atoms with van der Waals surface area (Å²) in [4.78, 5) is 11.7. The number of esters is 1. The molecule has 1 heterocycles. The van der Waals surface area contributed by atoms with Crippen molar-refractivity contribution in [1.29, 1.82) is 5.26 Å². The summed E-state index contributed by atoms with van der Waals surface area (Å²) >= 11 is 6.19. The highest BCUT2D eigenvalue weighted by Gasteiger charge is 2.15. The molecule has 0 amide bonds. The summed E-state index contributed by atoms with van der Waals surface area (Å²) < 4.78 is 6.68. The van der Waals surface area contributed by atoms with Crippen molar-refractivity contribution >= 4 is 17.6 Å². The Morgan fingerprint density at radius 1 is 1.26 bits per heavy atom. The topological polar surface area (TPSA) is 67.9 Å². The van der Waals surface area contributed by atoms with E-state index < -0.39 is 0 Å². The van der Waals surface area contributed by atoms with E-state index in [9.17, 15) is 4.79 Å². The Kier molecular flexibility index (Phi) is 5.29. The summed E-state index contributed by atoms with van der Waals surface area (Å²) in [5, 5.41) is 14.1. The lowest BCUT2D eigenvalue weighted by molar-refractivity contribution is 0.0600. The molecule has 3 rings (SSSR count). The average molecular weight is 380 g/mol. The molecule has 0 atom stereocenters. The van der Waals surface area contributed by atoms with Crippen LogP contribution < -0.4 is 0 Å². The molecule has 0 unspecified atom stereocenters. The van der Waals surface area contributed by atoms with E-state index in [-0.39, 0.29) is 5.97 Å². The van der Waals surface area contributed by atoms with Crippen LogP contribution in [-0.4, -0.2) is 22.9 Å². The van der Waals surface area contributed by atoms with Gasteiger partial charge in [-0.05, 0) is 49.2 Å². The van der Waals surface area contributed by atoms with Crippen LogP contribution in [0.1, 0.15) is 32.9 Å². The monoisotopic (exact) mass is 379 g/mol. The first-order valence-corrected chi connectivity index (χ1v) is 8.73. The fourth-order valence-corrected chi connectivity index (χ4v) is 3.34. The molecule has 0 saturated carbocycles. The number of carbonyl (C=O) groups excluding carboxylic acids is 1. The lowest BCUT2D eigenvalue weighted by Gasteiger charge is -2.08. The van der Waals surface area contributed by atoms with Gasteiger partial charge in [-0.15, -0.1) is 0 Å². The number of hydrogen-bond acceptors (Lipinski definition) is 4. The smallest absolute Gasteiger partial charge is 0.337 e. The minimum absolute atomic E-state index is 0.363. The summed E-state index contributed by atoms with van der Waals surface area (Å²) in [5.74, 6) is -0.363. The number of nitrogens with zero attached hydrogens (tertiary/aromatic N) is 3. The van der Waals surface area contributed by atoms with Crippen molar-refractivity contribution in [3.8, 4) is 17.2 Å². The van der Waals surface area contributed by atoms with Crippen LogP contribution in [0.2, 0.25) is 5.02 Å². The van der Waals surface area contributed by atoms with Gasteiger partial charge in [0.1, 0.15) is 6.07 Å². The number of methoxy groups -OCH3 is 1. The zero-order chi connectivity index (χ0) is 19.6. The van der Waals surface area contributed by atoms with Crippen molar-refractivity contribution in [3.63, 3.8) is 0 Å². The summed E-state index contributed by atoms with van der Waals surface area (Å²) in [5.41, 5.74) is 5.68. The van der Waals surface area contributed by atoms with Gasteiger partial charge in [0, 0.05) is 11.3 Å². The average Bonchev–Trinajstić information content (AvgIpc) is 2.94. The van der Waals surface area contributed by atoms with Crippen LogP contribution in [0.15, 0.2) is 42.5 Å². The van der Waals surface area contributed by atoms with Crippen LogP contribution in [0.4, 0.5) is 0 Å². The summed E-state index contributed by atoms with van der Waals surface area (Å²) in [6.07, 6.45) is 0. The Morgan fingerprint density at radius 3 is 2.70 bits per heavy atom. The van der Waals surface area contributed by atoms with E-state index in [1.165, 1.54) is 7.11 Å². The predicted molar refractivity (Wildman–Crippen MR) is 104 cm³/mol. The van der Waals surface area contributed by atoms with Gasteiger partial charge in [0.15, 0.2) is 0 Å². The minimum atomic E-state index is -0.363. The maximum absolute atomic E-state index is 11.7. The lowest BCUT2D eigenvalue weighted by Crippen LogP contribution is -2.06. The number of hydrogen-bond donors (Lipinski definition) is 0. The normalized spacial score (nSPS) is 10.5. The molecule has 0 fully saturated rings. The van der Waals surface area contributed by atoms with Gasteiger partial charge >= 0.3 is 5.97 Å². The van der Waals surface area contributed by atoms with E-state index in [0.29, 0.717) is 22.7 Å². The molecule has 0 bridgehead atoms. The third-order valence-electron chi connectivity index (χ3n) is 4.44. The van der Waals surface area contributed by atoms with E-state index >= 15 is 0 Å². The molecule has 27 heavy (non-hydrogen) atoms. The Labute approximate surface area is 162 Å². The molecule has 0 spiro atoms. The fraction of sp³-hybridized carbons (Fsp3) is 0.190.